The fourth-order valence-electron chi connectivity index (χ4n) is 2.99. The molecule has 0 radical (unpaired) electrons. The van der Waals surface area contributed by atoms with Crippen LogP contribution in [0.2, 0.25) is 0 Å². The highest BCUT2D eigenvalue weighted by Crippen LogP contribution is 2.24. The molecule has 9 heteroatoms. The minimum Gasteiger partial charge on any atom is -0.465 e. The molecule has 2 heterocycles. The van der Waals surface area contributed by atoms with E-state index in [1.165, 1.54) is 28.6 Å². The third-order valence-corrected chi connectivity index (χ3v) is 5.49. The molecule has 0 saturated carbocycles. The molecule has 0 bridgehead atoms. The Balaban J connectivity index is 1.51. The quantitative estimate of drug-likeness (QED) is 0.785. The van der Waals surface area contributed by atoms with Crippen LogP contribution in [-0.2, 0) is 12.0 Å². The highest BCUT2D eigenvalue weighted by Gasteiger charge is 2.23. The molecule has 0 unspecified atom stereocenters. The number of nitrogens with one attached hydrogen (secondary N) is 1. The van der Waals surface area contributed by atoms with Gasteiger partial charge in [0.05, 0.1) is 6.54 Å². The molecule has 2 aromatic rings. The van der Waals surface area contributed by atoms with Crippen molar-refractivity contribution >= 4 is 22.8 Å². The number of carbonyl (C=O) groups is 1. The monoisotopic (exact) mass is 393 g/mol. The number of carboxylic acid groups (broad SMARTS) is 1. The van der Waals surface area contributed by atoms with Crippen molar-refractivity contribution in [3.8, 4) is 0 Å². The molecule has 0 atom stereocenters. The highest BCUT2D eigenvalue weighted by atomic mass is 32.1. The fourth-order valence-corrected chi connectivity index (χ4v) is 3.56. The molecule has 2 N–H and O–H groups in total. The van der Waals surface area contributed by atoms with Gasteiger partial charge in [0.25, 0.3) is 0 Å². The van der Waals surface area contributed by atoms with Gasteiger partial charge in [0.1, 0.15) is 5.82 Å². The van der Waals surface area contributed by atoms with E-state index in [1.807, 2.05) is 0 Å². The lowest BCUT2D eigenvalue weighted by Gasteiger charge is -2.32. The molecule has 146 valence electrons. The van der Waals surface area contributed by atoms with Crippen LogP contribution in [0.1, 0.15) is 25.2 Å². The van der Waals surface area contributed by atoms with Gasteiger partial charge in [-0.25, -0.2) is 14.2 Å². The van der Waals surface area contributed by atoms with Gasteiger partial charge in [-0.05, 0) is 17.7 Å². The molecule has 0 spiro atoms. The number of hydrogen-bond acceptors (Lipinski definition) is 6. The van der Waals surface area contributed by atoms with Crippen LogP contribution in [0, 0.1) is 5.82 Å². The molecule has 3 rings (SSSR count). The maximum absolute atomic E-state index is 13.1. The summed E-state index contributed by atoms with van der Waals surface area (Å²) in [4.78, 5) is 19.1. The van der Waals surface area contributed by atoms with E-state index in [0.717, 1.165) is 16.5 Å². The first-order chi connectivity index (χ1) is 12.8. The number of nitrogens with zero attached hydrogens (tertiary/aromatic N) is 4. The van der Waals surface area contributed by atoms with E-state index < -0.39 is 6.09 Å². The average Bonchev–Trinajstić information content (AvgIpc) is 3.08. The summed E-state index contributed by atoms with van der Waals surface area (Å²) in [6, 6.07) is 6.56. The number of anilines is 1. The van der Waals surface area contributed by atoms with Gasteiger partial charge < -0.3 is 15.3 Å². The minimum atomic E-state index is -0.864. The Labute approximate surface area is 162 Å². The second-order valence-electron chi connectivity index (χ2n) is 7.31. The summed E-state index contributed by atoms with van der Waals surface area (Å²) in [7, 11) is 0. The molecular formula is C18H24FN5O2S. The van der Waals surface area contributed by atoms with Gasteiger partial charge in [0.15, 0.2) is 5.82 Å². The molecule has 1 fully saturated rings. The van der Waals surface area contributed by atoms with Crippen LogP contribution in [0.5, 0.6) is 0 Å². The molecule has 1 aliphatic rings. The first kappa shape index (κ1) is 19.5. The predicted molar refractivity (Wildman–Crippen MR) is 103 cm³/mol. The SMILES string of the molecule is CC(C)(CNc1nc(CN2CCN(C(=O)O)CC2)ns1)c1ccc(F)cc1. The molecule has 27 heavy (non-hydrogen) atoms. The topological polar surface area (TPSA) is 81.6 Å². The average molecular weight is 393 g/mol. The maximum Gasteiger partial charge on any atom is 0.407 e. The number of halogens is 1. The minimum absolute atomic E-state index is 0.174. The molecule has 1 saturated heterocycles. The van der Waals surface area contributed by atoms with Gasteiger partial charge >= 0.3 is 6.09 Å². The largest absolute Gasteiger partial charge is 0.465 e. The Hall–Kier alpha value is -2.26. The van der Waals surface area contributed by atoms with E-state index in [2.05, 4.69) is 33.4 Å². The third-order valence-electron chi connectivity index (χ3n) is 4.78. The van der Waals surface area contributed by atoms with Crippen LogP contribution < -0.4 is 5.32 Å². The Bertz CT molecular complexity index is 772. The molecule has 7 nitrogen and oxygen atoms in total. The van der Waals surface area contributed by atoms with Crippen LogP contribution in [0.15, 0.2) is 24.3 Å². The summed E-state index contributed by atoms with van der Waals surface area (Å²) < 4.78 is 17.5. The molecule has 1 aliphatic heterocycles. The molecule has 1 aromatic heterocycles. The zero-order valence-corrected chi connectivity index (χ0v) is 16.3. The van der Waals surface area contributed by atoms with Crippen molar-refractivity contribution in [2.45, 2.75) is 25.8 Å². The van der Waals surface area contributed by atoms with Crippen molar-refractivity contribution in [2.75, 3.05) is 38.0 Å². The highest BCUT2D eigenvalue weighted by molar-refractivity contribution is 7.09. The van der Waals surface area contributed by atoms with E-state index in [9.17, 15) is 9.18 Å². The first-order valence-electron chi connectivity index (χ1n) is 8.86. The van der Waals surface area contributed by atoms with Gasteiger partial charge in [0, 0.05) is 49.7 Å². The van der Waals surface area contributed by atoms with E-state index in [-0.39, 0.29) is 11.2 Å². The smallest absolute Gasteiger partial charge is 0.407 e. The Morgan fingerprint density at radius 1 is 1.26 bits per heavy atom. The molecule has 0 aliphatic carbocycles. The van der Waals surface area contributed by atoms with Gasteiger partial charge in [-0.1, -0.05) is 26.0 Å². The number of benzene rings is 1. The summed E-state index contributed by atoms with van der Waals surface area (Å²) in [6.07, 6.45) is -0.864. The summed E-state index contributed by atoms with van der Waals surface area (Å²) in [5, 5.41) is 13.1. The lowest BCUT2D eigenvalue weighted by atomic mass is 9.85. The third kappa shape index (κ3) is 5.14. The number of rotatable bonds is 6. The summed E-state index contributed by atoms with van der Waals surface area (Å²) in [5.41, 5.74) is 0.879. The summed E-state index contributed by atoms with van der Waals surface area (Å²) in [5.74, 6) is 0.506. The van der Waals surface area contributed by atoms with Crippen molar-refractivity contribution in [3.05, 3.63) is 41.5 Å². The van der Waals surface area contributed by atoms with Crippen LogP contribution >= 0.6 is 11.5 Å². The fraction of sp³-hybridized carbons (Fsp3) is 0.500. The van der Waals surface area contributed by atoms with Crippen molar-refractivity contribution in [2.24, 2.45) is 0 Å². The van der Waals surface area contributed by atoms with Gasteiger partial charge in [-0.2, -0.15) is 4.37 Å². The van der Waals surface area contributed by atoms with Crippen LogP contribution in [0.4, 0.5) is 14.3 Å². The first-order valence-corrected chi connectivity index (χ1v) is 9.63. The van der Waals surface area contributed by atoms with E-state index >= 15 is 0 Å². The van der Waals surface area contributed by atoms with E-state index in [0.29, 0.717) is 39.3 Å². The Morgan fingerprint density at radius 3 is 2.56 bits per heavy atom. The zero-order chi connectivity index (χ0) is 19.4. The standard InChI is InChI=1S/C18H24FN5O2S/c1-18(2,13-3-5-14(19)6-4-13)12-20-16-21-15(22-27-16)11-23-7-9-24(10-8-23)17(25)26/h3-6H,7-12H2,1-2H3,(H,25,26)(H,20,21,22). The van der Waals surface area contributed by atoms with Gasteiger partial charge in [0.2, 0.25) is 5.13 Å². The maximum atomic E-state index is 13.1. The van der Waals surface area contributed by atoms with Gasteiger partial charge in [-0.15, -0.1) is 0 Å². The molecule has 1 aromatic carbocycles. The van der Waals surface area contributed by atoms with E-state index in [1.54, 1.807) is 12.1 Å². The number of amides is 1. The van der Waals surface area contributed by atoms with Crippen molar-refractivity contribution < 1.29 is 14.3 Å². The van der Waals surface area contributed by atoms with E-state index in [4.69, 9.17) is 5.11 Å². The van der Waals surface area contributed by atoms with Crippen LogP contribution in [-0.4, -0.2) is 63.1 Å². The lowest BCUT2D eigenvalue weighted by molar-refractivity contribution is 0.102. The lowest BCUT2D eigenvalue weighted by Crippen LogP contribution is -2.47. The molecule has 1 amide bonds. The summed E-state index contributed by atoms with van der Waals surface area (Å²) in [6.45, 7) is 7.86. The van der Waals surface area contributed by atoms with Gasteiger partial charge in [-0.3, -0.25) is 4.90 Å². The number of hydrogen-bond donors (Lipinski definition) is 2. The van der Waals surface area contributed by atoms with Crippen LogP contribution in [0.25, 0.3) is 0 Å². The normalized spacial score (nSPS) is 15.7. The Morgan fingerprint density at radius 2 is 1.93 bits per heavy atom. The second kappa shape index (κ2) is 8.18. The van der Waals surface area contributed by atoms with Crippen molar-refractivity contribution in [1.29, 1.82) is 0 Å². The van der Waals surface area contributed by atoms with Crippen molar-refractivity contribution in [1.82, 2.24) is 19.2 Å². The number of piperazine rings is 1. The zero-order valence-electron chi connectivity index (χ0n) is 15.5. The second-order valence-corrected chi connectivity index (χ2v) is 8.06. The van der Waals surface area contributed by atoms with Crippen LogP contribution in [0.3, 0.4) is 0 Å². The number of aromatic nitrogens is 2. The summed E-state index contributed by atoms with van der Waals surface area (Å²) >= 11 is 1.32. The Kier molecular flexibility index (Phi) is 5.91. The molecular weight excluding hydrogens is 369 g/mol. The van der Waals surface area contributed by atoms with Crippen molar-refractivity contribution in [3.63, 3.8) is 0 Å². The predicted octanol–water partition coefficient (Wildman–Crippen LogP) is 2.86.